The van der Waals surface area contributed by atoms with Crippen LogP contribution in [0.4, 0.5) is 11.4 Å². The largest absolute Gasteiger partial charge is 0.478 e. The smallest absolute Gasteiger partial charge is 0.335 e. The molecule has 1 aliphatic carbocycles. The maximum atomic E-state index is 10.9. The van der Waals surface area contributed by atoms with Gasteiger partial charge in [0.05, 0.1) is 16.9 Å². The van der Waals surface area contributed by atoms with Crippen molar-refractivity contribution in [2.24, 2.45) is 11.3 Å². The number of anilines is 2. The lowest BCUT2D eigenvalue weighted by atomic mass is 9.70. The predicted octanol–water partition coefficient (Wildman–Crippen LogP) is 3.59. The quantitative estimate of drug-likeness (QED) is 0.737. The average Bonchev–Trinajstić information content (AvgIpc) is 2.28. The molecule has 4 heteroatoms. The molecule has 0 radical (unpaired) electrons. The van der Waals surface area contributed by atoms with E-state index in [2.05, 4.69) is 26.1 Å². The van der Waals surface area contributed by atoms with E-state index in [-0.39, 0.29) is 5.56 Å². The molecule has 20 heavy (non-hydrogen) atoms. The molecule has 0 spiro atoms. The minimum absolute atomic E-state index is 0.227. The van der Waals surface area contributed by atoms with Crippen LogP contribution in [-0.2, 0) is 0 Å². The first-order valence-electron chi connectivity index (χ1n) is 7.16. The summed E-state index contributed by atoms with van der Waals surface area (Å²) < 4.78 is 0. The number of nitrogens with one attached hydrogen (secondary N) is 1. The topological polar surface area (TPSA) is 75.3 Å². The summed E-state index contributed by atoms with van der Waals surface area (Å²) in [6.45, 7) is 6.88. The zero-order valence-electron chi connectivity index (χ0n) is 12.4. The van der Waals surface area contributed by atoms with Crippen LogP contribution in [0.2, 0.25) is 0 Å². The molecule has 1 aromatic rings. The van der Waals surface area contributed by atoms with Gasteiger partial charge in [-0.1, -0.05) is 20.8 Å². The van der Waals surface area contributed by atoms with E-state index in [1.165, 1.54) is 12.5 Å². The van der Waals surface area contributed by atoms with E-state index in [0.717, 1.165) is 18.5 Å². The maximum Gasteiger partial charge on any atom is 0.335 e. The van der Waals surface area contributed by atoms with Crippen molar-refractivity contribution >= 4 is 17.3 Å². The van der Waals surface area contributed by atoms with Crippen molar-refractivity contribution in [2.45, 2.75) is 46.1 Å². The summed E-state index contributed by atoms with van der Waals surface area (Å²) in [5.41, 5.74) is 7.86. The van der Waals surface area contributed by atoms with Crippen LogP contribution in [0.15, 0.2) is 18.2 Å². The van der Waals surface area contributed by atoms with Crippen molar-refractivity contribution in [3.8, 4) is 0 Å². The van der Waals surface area contributed by atoms with E-state index in [1.807, 2.05) is 0 Å². The number of hydrogen-bond acceptors (Lipinski definition) is 3. The lowest BCUT2D eigenvalue weighted by molar-refractivity contribution is 0.0697. The van der Waals surface area contributed by atoms with Crippen LogP contribution in [0.1, 0.15) is 50.4 Å². The van der Waals surface area contributed by atoms with Crippen LogP contribution in [0, 0.1) is 11.3 Å². The number of hydrogen-bond donors (Lipinski definition) is 3. The third-order valence-corrected chi connectivity index (χ3v) is 4.05. The number of rotatable bonds is 3. The van der Waals surface area contributed by atoms with Crippen molar-refractivity contribution < 1.29 is 9.90 Å². The van der Waals surface area contributed by atoms with Gasteiger partial charge in [-0.2, -0.15) is 0 Å². The summed E-state index contributed by atoms with van der Waals surface area (Å²) in [6.07, 6.45) is 3.49. The lowest BCUT2D eigenvalue weighted by Gasteiger charge is -2.39. The number of carbonyl (C=O) groups is 1. The average molecular weight is 276 g/mol. The summed E-state index contributed by atoms with van der Waals surface area (Å²) in [7, 11) is 0. The third kappa shape index (κ3) is 3.44. The number of benzene rings is 1. The molecule has 2 atom stereocenters. The summed E-state index contributed by atoms with van der Waals surface area (Å²) in [5.74, 6) is -0.258. The van der Waals surface area contributed by atoms with Gasteiger partial charge in [-0.15, -0.1) is 0 Å². The minimum Gasteiger partial charge on any atom is -0.478 e. The molecule has 0 aromatic heterocycles. The first-order chi connectivity index (χ1) is 9.27. The molecule has 1 aliphatic rings. The fraction of sp³-hybridized carbons (Fsp3) is 0.562. The summed E-state index contributed by atoms with van der Waals surface area (Å²) in [5, 5.41) is 12.4. The number of nitrogen functional groups attached to an aromatic ring is 1. The van der Waals surface area contributed by atoms with E-state index in [4.69, 9.17) is 10.8 Å². The fourth-order valence-electron chi connectivity index (χ4n) is 3.50. The van der Waals surface area contributed by atoms with Gasteiger partial charge >= 0.3 is 5.97 Å². The minimum atomic E-state index is -0.948. The maximum absolute atomic E-state index is 10.9. The number of carboxylic acid groups (broad SMARTS) is 1. The monoisotopic (exact) mass is 276 g/mol. The fourth-order valence-corrected chi connectivity index (χ4v) is 3.50. The van der Waals surface area contributed by atoms with E-state index in [0.29, 0.717) is 23.1 Å². The molecule has 0 amide bonds. The second-order valence-corrected chi connectivity index (χ2v) is 6.86. The normalized spacial score (nSPS) is 25.1. The van der Waals surface area contributed by atoms with Gasteiger partial charge in [0.15, 0.2) is 0 Å². The van der Waals surface area contributed by atoms with E-state index in [1.54, 1.807) is 12.1 Å². The molecule has 1 fully saturated rings. The zero-order valence-corrected chi connectivity index (χ0v) is 12.4. The van der Waals surface area contributed by atoms with Crippen LogP contribution in [-0.4, -0.2) is 17.1 Å². The standard InChI is InChI=1S/C16H24N2O2/c1-10-6-12(9-16(2,3)8-10)18-14-5-4-11(15(19)20)7-13(14)17/h4-5,7,10,12,18H,6,8-9,17H2,1-3H3,(H,19,20). The first-order valence-corrected chi connectivity index (χ1v) is 7.16. The van der Waals surface area contributed by atoms with Gasteiger partial charge in [0.25, 0.3) is 0 Å². The van der Waals surface area contributed by atoms with Crippen molar-refractivity contribution in [1.82, 2.24) is 0 Å². The molecule has 2 rings (SSSR count). The Balaban J connectivity index is 2.12. The number of carboxylic acids is 1. The summed E-state index contributed by atoms with van der Waals surface area (Å²) in [4.78, 5) is 10.9. The van der Waals surface area contributed by atoms with Gasteiger partial charge in [-0.05, 0) is 48.8 Å². The van der Waals surface area contributed by atoms with Gasteiger partial charge in [-0.3, -0.25) is 0 Å². The molecule has 0 aliphatic heterocycles. The molecule has 0 bridgehead atoms. The van der Waals surface area contributed by atoms with Crippen LogP contribution in [0.5, 0.6) is 0 Å². The molecule has 2 unspecified atom stereocenters. The van der Waals surface area contributed by atoms with Crippen LogP contribution in [0.3, 0.4) is 0 Å². The summed E-state index contributed by atoms with van der Waals surface area (Å²) in [6, 6.07) is 5.28. The highest BCUT2D eigenvalue weighted by Gasteiger charge is 2.32. The second kappa shape index (κ2) is 5.35. The summed E-state index contributed by atoms with van der Waals surface area (Å²) >= 11 is 0. The molecule has 1 aromatic carbocycles. The second-order valence-electron chi connectivity index (χ2n) is 6.86. The van der Waals surface area contributed by atoms with Gasteiger partial charge < -0.3 is 16.2 Å². The SMILES string of the molecule is CC1CC(Nc2ccc(C(=O)O)cc2N)CC(C)(C)C1. The Kier molecular flexibility index (Phi) is 3.93. The molecule has 110 valence electrons. The van der Waals surface area contributed by atoms with Crippen LogP contribution in [0.25, 0.3) is 0 Å². The predicted molar refractivity (Wildman–Crippen MR) is 82.0 cm³/mol. The zero-order chi connectivity index (χ0) is 14.9. The Morgan fingerprint density at radius 2 is 2.10 bits per heavy atom. The van der Waals surface area contributed by atoms with Crippen LogP contribution < -0.4 is 11.1 Å². The lowest BCUT2D eigenvalue weighted by Crippen LogP contribution is -2.35. The van der Waals surface area contributed by atoms with Gasteiger partial charge in [0.2, 0.25) is 0 Å². The molecule has 4 nitrogen and oxygen atoms in total. The Labute approximate surface area is 120 Å². The van der Waals surface area contributed by atoms with E-state index in [9.17, 15) is 4.79 Å². The van der Waals surface area contributed by atoms with Crippen molar-refractivity contribution in [3.63, 3.8) is 0 Å². The Hall–Kier alpha value is -1.71. The highest BCUT2D eigenvalue weighted by molar-refractivity contribution is 5.90. The van der Waals surface area contributed by atoms with Gasteiger partial charge in [-0.25, -0.2) is 4.79 Å². The molecule has 4 N–H and O–H groups in total. The Morgan fingerprint density at radius 1 is 1.40 bits per heavy atom. The highest BCUT2D eigenvalue weighted by atomic mass is 16.4. The van der Waals surface area contributed by atoms with Crippen molar-refractivity contribution in [3.05, 3.63) is 23.8 Å². The highest BCUT2D eigenvalue weighted by Crippen LogP contribution is 2.40. The van der Waals surface area contributed by atoms with E-state index >= 15 is 0 Å². The first kappa shape index (κ1) is 14.7. The number of nitrogens with two attached hydrogens (primary N) is 1. The molecular weight excluding hydrogens is 252 g/mol. The Morgan fingerprint density at radius 3 is 2.65 bits per heavy atom. The molecule has 1 saturated carbocycles. The molecular formula is C16H24N2O2. The Bertz CT molecular complexity index is 511. The molecule has 0 saturated heterocycles. The van der Waals surface area contributed by atoms with Gasteiger partial charge in [0.1, 0.15) is 0 Å². The van der Waals surface area contributed by atoms with Crippen molar-refractivity contribution in [2.75, 3.05) is 11.1 Å². The third-order valence-electron chi connectivity index (χ3n) is 4.05. The molecule has 0 heterocycles. The van der Waals surface area contributed by atoms with Crippen LogP contribution >= 0.6 is 0 Å². The van der Waals surface area contributed by atoms with Crippen molar-refractivity contribution in [1.29, 1.82) is 0 Å². The number of aromatic carboxylic acids is 1. The van der Waals surface area contributed by atoms with Gasteiger partial charge in [0, 0.05) is 6.04 Å². The van der Waals surface area contributed by atoms with E-state index < -0.39 is 5.97 Å².